The molecule has 1 fully saturated rings. The van der Waals surface area contributed by atoms with Gasteiger partial charge in [0.2, 0.25) is 5.91 Å². The van der Waals surface area contributed by atoms with E-state index in [9.17, 15) is 9.90 Å². The minimum absolute atomic E-state index is 0.00859. The molecule has 1 aliphatic rings. The van der Waals surface area contributed by atoms with E-state index in [1.54, 1.807) is 0 Å². The SMILES string of the molecule is C=CC[C@@]1(C)C[C@H](c2cccc(Cl)c2)C(c2ccc(Cl)cc2)N(C(CC)CCC(C)(C)O)C1=O. The minimum Gasteiger partial charge on any atom is -0.390 e. The molecule has 0 radical (unpaired) electrons. The van der Waals surface area contributed by atoms with Crippen LogP contribution in [0.3, 0.4) is 0 Å². The van der Waals surface area contributed by atoms with Gasteiger partial charge in [-0.15, -0.1) is 6.58 Å². The first-order valence-electron chi connectivity index (χ1n) is 12.2. The third-order valence-corrected chi connectivity index (χ3v) is 7.63. The fourth-order valence-corrected chi connectivity index (χ4v) is 5.67. The first-order valence-corrected chi connectivity index (χ1v) is 12.9. The van der Waals surface area contributed by atoms with Gasteiger partial charge in [-0.2, -0.15) is 0 Å². The van der Waals surface area contributed by atoms with Gasteiger partial charge in [-0.05, 0) is 81.3 Å². The molecule has 1 heterocycles. The number of likely N-dealkylation sites (tertiary alicyclic amines) is 1. The van der Waals surface area contributed by atoms with Gasteiger partial charge in [0.15, 0.2) is 0 Å². The molecule has 0 bridgehead atoms. The largest absolute Gasteiger partial charge is 0.390 e. The van der Waals surface area contributed by atoms with E-state index in [-0.39, 0.29) is 23.9 Å². The molecule has 0 aromatic heterocycles. The summed E-state index contributed by atoms with van der Waals surface area (Å²) >= 11 is 12.7. The van der Waals surface area contributed by atoms with Crippen molar-refractivity contribution in [1.29, 1.82) is 0 Å². The van der Waals surface area contributed by atoms with Crippen molar-refractivity contribution in [3.63, 3.8) is 0 Å². The molecular formula is C29H37Cl2NO2. The van der Waals surface area contributed by atoms with Crippen molar-refractivity contribution in [3.05, 3.63) is 82.4 Å². The van der Waals surface area contributed by atoms with E-state index >= 15 is 0 Å². The molecular weight excluding hydrogens is 465 g/mol. The smallest absolute Gasteiger partial charge is 0.229 e. The highest BCUT2D eigenvalue weighted by Gasteiger charge is 2.50. The molecule has 1 aliphatic heterocycles. The summed E-state index contributed by atoms with van der Waals surface area (Å²) in [4.78, 5) is 16.3. The fourth-order valence-electron chi connectivity index (χ4n) is 5.35. The van der Waals surface area contributed by atoms with Gasteiger partial charge in [0.05, 0.1) is 17.1 Å². The Morgan fingerprint density at radius 1 is 1.18 bits per heavy atom. The Balaban J connectivity index is 2.19. The van der Waals surface area contributed by atoms with E-state index in [0.29, 0.717) is 29.3 Å². The molecule has 2 unspecified atom stereocenters. The summed E-state index contributed by atoms with van der Waals surface area (Å²) in [5, 5.41) is 11.8. The van der Waals surface area contributed by atoms with Crippen LogP contribution in [0.15, 0.2) is 61.2 Å². The molecule has 34 heavy (non-hydrogen) atoms. The molecule has 1 amide bonds. The van der Waals surface area contributed by atoms with Crippen LogP contribution in [-0.2, 0) is 4.79 Å². The number of benzene rings is 2. The van der Waals surface area contributed by atoms with Crippen molar-refractivity contribution >= 4 is 29.1 Å². The van der Waals surface area contributed by atoms with Gasteiger partial charge in [-0.25, -0.2) is 0 Å². The van der Waals surface area contributed by atoms with Crippen molar-refractivity contribution in [3.8, 4) is 0 Å². The van der Waals surface area contributed by atoms with Gasteiger partial charge >= 0.3 is 0 Å². The number of allylic oxidation sites excluding steroid dienone is 1. The van der Waals surface area contributed by atoms with E-state index in [1.807, 2.05) is 62.4 Å². The van der Waals surface area contributed by atoms with Gasteiger partial charge in [0.1, 0.15) is 0 Å². The number of halogens is 2. The summed E-state index contributed by atoms with van der Waals surface area (Å²) in [5.41, 5.74) is 0.821. The van der Waals surface area contributed by atoms with Gasteiger partial charge in [-0.3, -0.25) is 4.79 Å². The second-order valence-corrected chi connectivity index (χ2v) is 11.4. The van der Waals surface area contributed by atoms with Crippen LogP contribution in [0.5, 0.6) is 0 Å². The second-order valence-electron chi connectivity index (χ2n) is 10.5. The van der Waals surface area contributed by atoms with Gasteiger partial charge in [-0.1, -0.05) is 67.4 Å². The van der Waals surface area contributed by atoms with Crippen LogP contribution in [0.2, 0.25) is 10.0 Å². The Morgan fingerprint density at radius 3 is 2.41 bits per heavy atom. The highest BCUT2D eigenvalue weighted by atomic mass is 35.5. The standard InChI is InChI=1S/C29H37Cl2NO2/c1-6-16-29(5)19-25(21-9-8-10-23(31)18-21)26(20-11-13-22(30)14-12-20)32(27(29)33)24(7-2)15-17-28(3,4)34/h6,8-14,18,24-26,34H,1,7,15-17,19H2,2-5H3/t24?,25-,26?,29+/m1/s1. The first-order chi connectivity index (χ1) is 16.0. The Bertz CT molecular complexity index is 998. The summed E-state index contributed by atoms with van der Waals surface area (Å²) in [7, 11) is 0. The number of amides is 1. The number of piperidine rings is 1. The van der Waals surface area contributed by atoms with Crippen molar-refractivity contribution in [1.82, 2.24) is 4.90 Å². The molecule has 3 nitrogen and oxygen atoms in total. The second kappa shape index (κ2) is 10.8. The lowest BCUT2D eigenvalue weighted by Gasteiger charge is -2.52. The zero-order chi connectivity index (χ0) is 25.1. The zero-order valence-corrected chi connectivity index (χ0v) is 22.2. The van der Waals surface area contributed by atoms with Crippen molar-refractivity contribution < 1.29 is 9.90 Å². The van der Waals surface area contributed by atoms with Gasteiger partial charge in [0.25, 0.3) is 0 Å². The van der Waals surface area contributed by atoms with E-state index in [2.05, 4.69) is 31.4 Å². The van der Waals surface area contributed by atoms with Crippen LogP contribution >= 0.6 is 23.2 Å². The van der Waals surface area contributed by atoms with Crippen molar-refractivity contribution in [2.75, 3.05) is 0 Å². The van der Waals surface area contributed by atoms with Crippen LogP contribution in [-0.4, -0.2) is 27.6 Å². The third kappa shape index (κ3) is 6.05. The molecule has 184 valence electrons. The Labute approximate surface area is 214 Å². The summed E-state index contributed by atoms with van der Waals surface area (Å²) < 4.78 is 0. The highest BCUT2D eigenvalue weighted by Crippen LogP contribution is 2.52. The highest BCUT2D eigenvalue weighted by molar-refractivity contribution is 6.30. The van der Waals surface area contributed by atoms with E-state index in [1.165, 1.54) is 0 Å². The Morgan fingerprint density at radius 2 is 1.85 bits per heavy atom. The third-order valence-electron chi connectivity index (χ3n) is 7.14. The molecule has 1 N–H and O–H groups in total. The van der Waals surface area contributed by atoms with E-state index in [4.69, 9.17) is 23.2 Å². The maximum Gasteiger partial charge on any atom is 0.229 e. The number of hydrogen-bond donors (Lipinski definition) is 1. The summed E-state index contributed by atoms with van der Waals surface area (Å²) in [6, 6.07) is 15.7. The van der Waals surface area contributed by atoms with Gasteiger partial charge < -0.3 is 10.0 Å². The van der Waals surface area contributed by atoms with E-state index < -0.39 is 11.0 Å². The molecule has 4 atom stereocenters. The monoisotopic (exact) mass is 501 g/mol. The van der Waals surface area contributed by atoms with Crippen LogP contribution in [0.1, 0.15) is 82.9 Å². The minimum atomic E-state index is -0.793. The summed E-state index contributed by atoms with van der Waals surface area (Å²) in [6.07, 6.45) is 5.30. The topological polar surface area (TPSA) is 40.5 Å². The molecule has 1 saturated heterocycles. The number of rotatable bonds is 9. The lowest BCUT2D eigenvalue weighted by molar-refractivity contribution is -0.155. The maximum absolute atomic E-state index is 14.2. The molecule has 2 aromatic carbocycles. The average Bonchev–Trinajstić information content (AvgIpc) is 2.77. The first kappa shape index (κ1) is 26.8. The number of aliphatic hydroxyl groups is 1. The number of hydrogen-bond acceptors (Lipinski definition) is 2. The molecule has 3 rings (SSSR count). The zero-order valence-electron chi connectivity index (χ0n) is 20.7. The van der Waals surface area contributed by atoms with Crippen LogP contribution in [0.25, 0.3) is 0 Å². The normalized spacial score (nSPS) is 24.2. The average molecular weight is 503 g/mol. The Kier molecular flexibility index (Phi) is 8.55. The van der Waals surface area contributed by atoms with Crippen LogP contribution < -0.4 is 0 Å². The number of carbonyl (C=O) groups is 1. The molecule has 0 aliphatic carbocycles. The van der Waals surface area contributed by atoms with Gasteiger partial charge in [0, 0.05) is 22.0 Å². The summed E-state index contributed by atoms with van der Waals surface area (Å²) in [6.45, 7) is 11.8. The fraction of sp³-hybridized carbons (Fsp3) is 0.483. The number of carbonyl (C=O) groups excluding carboxylic acids is 1. The molecule has 0 saturated carbocycles. The van der Waals surface area contributed by atoms with Crippen LogP contribution in [0, 0.1) is 5.41 Å². The Hall–Kier alpha value is -1.81. The molecule has 0 spiro atoms. The predicted molar refractivity (Wildman–Crippen MR) is 142 cm³/mol. The van der Waals surface area contributed by atoms with E-state index in [0.717, 1.165) is 24.0 Å². The predicted octanol–water partition coefficient (Wildman–Crippen LogP) is 7.96. The maximum atomic E-state index is 14.2. The lowest BCUT2D eigenvalue weighted by Crippen LogP contribution is -2.55. The lowest BCUT2D eigenvalue weighted by atomic mass is 9.67. The number of nitrogens with zero attached hydrogens (tertiary/aromatic N) is 1. The quantitative estimate of drug-likeness (QED) is 0.353. The molecule has 2 aromatic rings. The molecule has 5 heteroatoms. The van der Waals surface area contributed by atoms with Crippen molar-refractivity contribution in [2.24, 2.45) is 5.41 Å². The summed E-state index contributed by atoms with van der Waals surface area (Å²) in [5.74, 6) is 0.201. The van der Waals surface area contributed by atoms with Crippen LogP contribution in [0.4, 0.5) is 0 Å². The van der Waals surface area contributed by atoms with Crippen molar-refractivity contribution in [2.45, 2.75) is 83.4 Å².